The Balaban J connectivity index is 1.79. The Bertz CT molecular complexity index is 654. The minimum atomic E-state index is -3.63. The lowest BCUT2D eigenvalue weighted by Crippen LogP contribution is -2.71. The van der Waals surface area contributed by atoms with Crippen LogP contribution in [0.3, 0.4) is 0 Å². The number of rotatable bonds is 4. The van der Waals surface area contributed by atoms with Gasteiger partial charge in [0.15, 0.2) is 0 Å². The summed E-state index contributed by atoms with van der Waals surface area (Å²) in [7, 11) is -3.63. The molecule has 2 saturated heterocycles. The fourth-order valence-electron chi connectivity index (χ4n) is 2.67. The van der Waals surface area contributed by atoms with E-state index in [9.17, 15) is 17.2 Å². The van der Waals surface area contributed by atoms with Gasteiger partial charge in [0.2, 0.25) is 15.9 Å². The molecule has 0 amide bonds. The Labute approximate surface area is 121 Å². The third kappa shape index (κ3) is 2.49. The van der Waals surface area contributed by atoms with E-state index >= 15 is 0 Å². The Hall–Kier alpha value is -1.32. The van der Waals surface area contributed by atoms with Crippen molar-refractivity contribution in [1.82, 2.24) is 14.6 Å². The summed E-state index contributed by atoms with van der Waals surface area (Å²) in [5.74, 6) is -0.287. The molecule has 9 heteroatoms. The van der Waals surface area contributed by atoms with E-state index < -0.39 is 16.6 Å². The third-order valence-electron chi connectivity index (χ3n) is 3.86. The summed E-state index contributed by atoms with van der Waals surface area (Å²) >= 11 is 0. The Kier molecular flexibility index (Phi) is 3.38. The number of pyridine rings is 1. The maximum atomic E-state index is 12.5. The lowest BCUT2D eigenvalue weighted by Gasteiger charge is -2.55. The third-order valence-corrected chi connectivity index (χ3v) is 5.79. The highest BCUT2D eigenvalue weighted by Crippen LogP contribution is 2.38. The second kappa shape index (κ2) is 4.85. The standard InChI is InChI=1S/C12H15F2N3O3S/c1-8-9(2-3-10(16-8)20-11(13)14)21(18,19)17-6-12(7-17)4-15-5-12/h2-3,11,15H,4-7H2,1H3. The van der Waals surface area contributed by atoms with Crippen molar-refractivity contribution in [3.63, 3.8) is 0 Å². The predicted octanol–water partition coefficient (Wildman–Crippen LogP) is 0.585. The SMILES string of the molecule is Cc1nc(OC(F)F)ccc1S(=O)(=O)N1CC2(CNC2)C1. The molecule has 6 nitrogen and oxygen atoms in total. The molecule has 0 radical (unpaired) electrons. The first-order valence-electron chi connectivity index (χ1n) is 6.46. The van der Waals surface area contributed by atoms with Crippen LogP contribution < -0.4 is 10.1 Å². The molecule has 1 aromatic heterocycles. The van der Waals surface area contributed by atoms with E-state index in [0.717, 1.165) is 19.2 Å². The summed E-state index contributed by atoms with van der Waals surface area (Å²) in [5.41, 5.74) is 0.230. The highest BCUT2D eigenvalue weighted by molar-refractivity contribution is 7.89. The van der Waals surface area contributed by atoms with Crippen LogP contribution in [-0.2, 0) is 10.0 Å². The van der Waals surface area contributed by atoms with Crippen LogP contribution in [0.25, 0.3) is 0 Å². The van der Waals surface area contributed by atoms with E-state index in [1.54, 1.807) is 0 Å². The van der Waals surface area contributed by atoms with E-state index in [0.29, 0.717) is 13.1 Å². The molecule has 3 heterocycles. The maximum Gasteiger partial charge on any atom is 0.388 e. The smallest absolute Gasteiger partial charge is 0.388 e. The zero-order chi connectivity index (χ0) is 15.3. The summed E-state index contributed by atoms with van der Waals surface area (Å²) in [6.45, 7) is 1.11. The van der Waals surface area contributed by atoms with Gasteiger partial charge in [0.1, 0.15) is 4.90 Å². The van der Waals surface area contributed by atoms with Gasteiger partial charge in [0.05, 0.1) is 5.69 Å². The minimum absolute atomic E-state index is 0.0336. The predicted molar refractivity (Wildman–Crippen MR) is 69.7 cm³/mol. The molecule has 116 valence electrons. The molecular weight excluding hydrogens is 304 g/mol. The van der Waals surface area contributed by atoms with E-state index in [4.69, 9.17) is 0 Å². The van der Waals surface area contributed by atoms with Gasteiger partial charge in [-0.05, 0) is 13.0 Å². The van der Waals surface area contributed by atoms with Crippen molar-refractivity contribution in [1.29, 1.82) is 0 Å². The summed E-state index contributed by atoms with van der Waals surface area (Å²) in [6, 6.07) is 2.41. The zero-order valence-corrected chi connectivity index (χ0v) is 12.2. The molecule has 0 aromatic carbocycles. The lowest BCUT2D eigenvalue weighted by molar-refractivity contribution is -0.0529. The van der Waals surface area contributed by atoms with Gasteiger partial charge < -0.3 is 10.1 Å². The van der Waals surface area contributed by atoms with Gasteiger partial charge in [-0.15, -0.1) is 0 Å². The number of halogens is 2. The van der Waals surface area contributed by atoms with Gasteiger partial charge >= 0.3 is 6.61 Å². The molecule has 0 bridgehead atoms. The van der Waals surface area contributed by atoms with Crippen LogP contribution in [0.15, 0.2) is 17.0 Å². The quantitative estimate of drug-likeness (QED) is 0.879. The Morgan fingerprint density at radius 3 is 2.52 bits per heavy atom. The number of aryl methyl sites for hydroxylation is 1. The van der Waals surface area contributed by atoms with Crippen molar-refractivity contribution in [2.24, 2.45) is 5.41 Å². The monoisotopic (exact) mass is 319 g/mol. The number of nitrogens with zero attached hydrogens (tertiary/aromatic N) is 2. The Morgan fingerprint density at radius 1 is 1.38 bits per heavy atom. The normalized spacial score (nSPS) is 21.1. The van der Waals surface area contributed by atoms with Gasteiger partial charge in [-0.3, -0.25) is 0 Å². The molecule has 1 spiro atoms. The summed E-state index contributed by atoms with van der Waals surface area (Å²) in [5, 5.41) is 3.13. The number of aromatic nitrogens is 1. The van der Waals surface area contributed by atoms with Crippen LogP contribution >= 0.6 is 0 Å². The highest BCUT2D eigenvalue weighted by atomic mass is 32.2. The first kappa shape index (κ1) is 14.6. The minimum Gasteiger partial charge on any atom is -0.417 e. The number of alkyl halides is 2. The molecule has 0 saturated carbocycles. The lowest BCUT2D eigenvalue weighted by atomic mass is 9.76. The number of hydrogen-bond acceptors (Lipinski definition) is 5. The number of hydrogen-bond donors (Lipinski definition) is 1. The van der Waals surface area contributed by atoms with Gasteiger partial charge in [0.25, 0.3) is 0 Å². The molecule has 3 rings (SSSR count). The highest BCUT2D eigenvalue weighted by Gasteiger charge is 2.52. The van der Waals surface area contributed by atoms with Crippen LogP contribution in [-0.4, -0.2) is 50.5 Å². The molecule has 0 unspecified atom stereocenters. The summed E-state index contributed by atoms with van der Waals surface area (Å²) in [4.78, 5) is 3.80. The fourth-order valence-corrected chi connectivity index (χ4v) is 4.49. The van der Waals surface area contributed by atoms with Gasteiger partial charge in [0, 0.05) is 37.7 Å². The summed E-state index contributed by atoms with van der Waals surface area (Å²) in [6.07, 6.45) is 0. The average Bonchev–Trinajstić information content (AvgIpc) is 2.22. The van der Waals surface area contributed by atoms with E-state index in [1.165, 1.54) is 17.3 Å². The van der Waals surface area contributed by atoms with Crippen molar-refractivity contribution in [2.75, 3.05) is 26.2 Å². The molecule has 21 heavy (non-hydrogen) atoms. The molecule has 2 aliphatic rings. The number of nitrogens with one attached hydrogen (secondary N) is 1. The van der Waals surface area contributed by atoms with Crippen molar-refractivity contribution >= 4 is 10.0 Å². The Morgan fingerprint density at radius 2 is 2.05 bits per heavy atom. The first-order chi connectivity index (χ1) is 9.82. The molecule has 2 fully saturated rings. The van der Waals surface area contributed by atoms with Crippen molar-refractivity contribution in [2.45, 2.75) is 18.4 Å². The summed E-state index contributed by atoms with van der Waals surface area (Å²) < 4.78 is 54.7. The van der Waals surface area contributed by atoms with E-state index in [-0.39, 0.29) is 21.9 Å². The van der Waals surface area contributed by atoms with E-state index in [1.807, 2.05) is 0 Å². The van der Waals surface area contributed by atoms with Gasteiger partial charge in [-0.25, -0.2) is 13.4 Å². The van der Waals surface area contributed by atoms with Crippen molar-refractivity contribution in [3.8, 4) is 5.88 Å². The van der Waals surface area contributed by atoms with Gasteiger partial charge in [-0.2, -0.15) is 13.1 Å². The van der Waals surface area contributed by atoms with Crippen LogP contribution in [0.5, 0.6) is 5.88 Å². The first-order valence-corrected chi connectivity index (χ1v) is 7.90. The second-order valence-electron chi connectivity index (χ2n) is 5.49. The topological polar surface area (TPSA) is 71.5 Å². The molecular formula is C12H15F2N3O3S. The largest absolute Gasteiger partial charge is 0.417 e. The van der Waals surface area contributed by atoms with Crippen molar-refractivity contribution in [3.05, 3.63) is 17.8 Å². The molecule has 0 aliphatic carbocycles. The zero-order valence-electron chi connectivity index (χ0n) is 11.3. The molecule has 1 N–H and O–H groups in total. The van der Waals surface area contributed by atoms with Crippen LogP contribution in [0.4, 0.5) is 8.78 Å². The number of sulfonamides is 1. The fraction of sp³-hybridized carbons (Fsp3) is 0.583. The van der Waals surface area contributed by atoms with Crippen molar-refractivity contribution < 1.29 is 21.9 Å². The second-order valence-corrected chi connectivity index (χ2v) is 7.39. The average molecular weight is 319 g/mol. The van der Waals surface area contributed by atoms with Crippen LogP contribution in [0, 0.1) is 12.3 Å². The molecule has 0 atom stereocenters. The number of ether oxygens (including phenoxy) is 1. The van der Waals surface area contributed by atoms with Crippen LogP contribution in [0.1, 0.15) is 5.69 Å². The van der Waals surface area contributed by atoms with Crippen LogP contribution in [0.2, 0.25) is 0 Å². The maximum absolute atomic E-state index is 12.5. The molecule has 1 aromatic rings. The van der Waals surface area contributed by atoms with Gasteiger partial charge in [-0.1, -0.05) is 0 Å². The van der Waals surface area contributed by atoms with E-state index in [2.05, 4.69) is 15.0 Å². The molecule has 2 aliphatic heterocycles.